The molecule has 2 aliphatic carbocycles. The second-order valence-corrected chi connectivity index (χ2v) is 9.76. The SMILES string of the molecule is O=C(Nc1cc(NCc2cn3cc(C4CC4)ccc3n2)ncn1)C1C(CO)C1c1cccc(Cl)c1. The van der Waals surface area contributed by atoms with Gasteiger partial charge >= 0.3 is 0 Å². The number of anilines is 2. The number of rotatable bonds is 8. The van der Waals surface area contributed by atoms with Crippen molar-refractivity contribution >= 4 is 34.8 Å². The van der Waals surface area contributed by atoms with Gasteiger partial charge in [-0.2, -0.15) is 0 Å². The molecule has 0 aliphatic heterocycles. The van der Waals surface area contributed by atoms with Crippen molar-refractivity contribution in [1.82, 2.24) is 19.4 Å². The fraction of sp³-hybridized carbons (Fsp3) is 0.308. The molecule has 6 rings (SSSR count). The van der Waals surface area contributed by atoms with Crippen LogP contribution >= 0.6 is 11.6 Å². The van der Waals surface area contributed by atoms with Gasteiger partial charge in [-0.05, 0) is 48.1 Å². The molecule has 9 heteroatoms. The summed E-state index contributed by atoms with van der Waals surface area (Å²) in [6.07, 6.45) is 8.13. The molecule has 1 aromatic carbocycles. The standard InChI is InChI=1S/C26H25ClN6O2/c27-18-3-1-2-16(8-18)24-20(13-34)25(24)26(35)32-22-9-21(29-14-30-22)28-10-19-12-33-11-17(15-4-5-15)6-7-23(33)31-19/h1-3,6-9,11-12,14-15,20,24-25,34H,4-5,10,13H2,(H2,28,29,30,32,35). The molecule has 0 bridgehead atoms. The summed E-state index contributed by atoms with van der Waals surface area (Å²) in [7, 11) is 0. The Morgan fingerprint density at radius 3 is 2.74 bits per heavy atom. The van der Waals surface area contributed by atoms with E-state index in [1.807, 2.05) is 24.4 Å². The van der Waals surface area contributed by atoms with Gasteiger partial charge in [0.1, 0.15) is 23.6 Å². The Bertz CT molecular complexity index is 1400. The third kappa shape index (κ3) is 4.59. The van der Waals surface area contributed by atoms with Crippen LogP contribution in [0.4, 0.5) is 11.6 Å². The number of carbonyl (C=O) groups excluding carboxylic acids is 1. The average Bonchev–Trinajstić information content (AvgIpc) is 3.78. The molecular weight excluding hydrogens is 464 g/mol. The van der Waals surface area contributed by atoms with Crippen LogP contribution < -0.4 is 10.6 Å². The first-order valence-electron chi connectivity index (χ1n) is 11.8. The Morgan fingerprint density at radius 1 is 1.09 bits per heavy atom. The quantitative estimate of drug-likeness (QED) is 0.343. The number of nitrogens with one attached hydrogen (secondary N) is 2. The molecule has 3 aromatic heterocycles. The smallest absolute Gasteiger partial charge is 0.229 e. The minimum atomic E-state index is -0.330. The first-order chi connectivity index (χ1) is 17.1. The molecule has 2 fully saturated rings. The van der Waals surface area contributed by atoms with Gasteiger partial charge < -0.3 is 20.1 Å². The fourth-order valence-corrected chi connectivity index (χ4v) is 5.04. The number of nitrogens with zero attached hydrogens (tertiary/aromatic N) is 4. The molecule has 0 saturated heterocycles. The number of imidazole rings is 1. The molecule has 4 aromatic rings. The van der Waals surface area contributed by atoms with E-state index < -0.39 is 0 Å². The van der Waals surface area contributed by atoms with Crippen LogP contribution in [0, 0.1) is 11.8 Å². The molecule has 1 amide bonds. The summed E-state index contributed by atoms with van der Waals surface area (Å²) in [5, 5.41) is 16.5. The molecule has 35 heavy (non-hydrogen) atoms. The highest BCUT2D eigenvalue weighted by atomic mass is 35.5. The first kappa shape index (κ1) is 22.0. The Balaban J connectivity index is 1.10. The number of aromatic nitrogens is 4. The van der Waals surface area contributed by atoms with E-state index in [1.165, 1.54) is 24.7 Å². The molecule has 3 unspecified atom stereocenters. The molecule has 2 aliphatic rings. The van der Waals surface area contributed by atoms with Gasteiger partial charge in [-0.25, -0.2) is 15.0 Å². The maximum absolute atomic E-state index is 12.9. The van der Waals surface area contributed by atoms with E-state index in [1.54, 1.807) is 12.1 Å². The number of halogens is 1. The zero-order valence-electron chi connectivity index (χ0n) is 18.9. The van der Waals surface area contributed by atoms with Gasteiger partial charge in [0.25, 0.3) is 0 Å². The number of amides is 1. The highest BCUT2D eigenvalue weighted by molar-refractivity contribution is 6.30. The van der Waals surface area contributed by atoms with Crippen LogP contribution in [-0.2, 0) is 11.3 Å². The van der Waals surface area contributed by atoms with E-state index >= 15 is 0 Å². The third-order valence-electron chi connectivity index (χ3n) is 6.86. The topological polar surface area (TPSA) is 104 Å². The molecular formula is C26H25ClN6O2. The van der Waals surface area contributed by atoms with Crippen molar-refractivity contribution in [3.63, 3.8) is 0 Å². The monoisotopic (exact) mass is 488 g/mol. The molecule has 3 N–H and O–H groups in total. The first-order valence-corrected chi connectivity index (χ1v) is 12.2. The number of hydrogen-bond donors (Lipinski definition) is 3. The Labute approximate surface area is 207 Å². The number of carbonyl (C=O) groups is 1. The van der Waals surface area contributed by atoms with Crippen LogP contribution in [0.15, 0.2) is 61.2 Å². The van der Waals surface area contributed by atoms with Crippen LogP contribution in [0.1, 0.15) is 41.5 Å². The van der Waals surface area contributed by atoms with Crippen molar-refractivity contribution in [2.24, 2.45) is 11.8 Å². The fourth-order valence-electron chi connectivity index (χ4n) is 4.84. The lowest BCUT2D eigenvalue weighted by atomic mass is 10.1. The second kappa shape index (κ2) is 8.94. The van der Waals surface area contributed by atoms with Gasteiger partial charge in [0.2, 0.25) is 5.91 Å². The lowest BCUT2D eigenvalue weighted by Crippen LogP contribution is -2.17. The largest absolute Gasteiger partial charge is 0.396 e. The van der Waals surface area contributed by atoms with Gasteiger partial charge in [-0.15, -0.1) is 0 Å². The van der Waals surface area contributed by atoms with Crippen LogP contribution in [0.5, 0.6) is 0 Å². The molecule has 3 heterocycles. The zero-order valence-corrected chi connectivity index (χ0v) is 19.7. The maximum atomic E-state index is 12.9. The lowest BCUT2D eigenvalue weighted by molar-refractivity contribution is -0.117. The van der Waals surface area contributed by atoms with E-state index in [-0.39, 0.29) is 30.3 Å². The van der Waals surface area contributed by atoms with Crippen molar-refractivity contribution in [2.75, 3.05) is 17.2 Å². The molecule has 0 radical (unpaired) electrons. The third-order valence-corrected chi connectivity index (χ3v) is 7.09. The van der Waals surface area contributed by atoms with E-state index in [9.17, 15) is 9.90 Å². The number of hydrogen-bond acceptors (Lipinski definition) is 6. The lowest BCUT2D eigenvalue weighted by Gasteiger charge is -2.07. The van der Waals surface area contributed by atoms with Gasteiger partial charge in [-0.1, -0.05) is 29.8 Å². The summed E-state index contributed by atoms with van der Waals surface area (Å²) in [5.74, 6) is 0.991. The van der Waals surface area contributed by atoms with Crippen molar-refractivity contribution < 1.29 is 9.90 Å². The van der Waals surface area contributed by atoms with E-state index in [0.29, 0.717) is 29.1 Å². The molecule has 3 atom stereocenters. The van der Waals surface area contributed by atoms with Crippen LogP contribution in [-0.4, -0.2) is 37.0 Å². The van der Waals surface area contributed by atoms with Gasteiger partial charge in [0.05, 0.1) is 18.2 Å². The Hall–Kier alpha value is -3.49. The summed E-state index contributed by atoms with van der Waals surface area (Å²) in [6, 6.07) is 13.4. The molecule has 178 valence electrons. The highest BCUT2D eigenvalue weighted by Crippen LogP contribution is 2.54. The van der Waals surface area contributed by atoms with Crippen LogP contribution in [0.2, 0.25) is 5.02 Å². The average molecular weight is 489 g/mol. The van der Waals surface area contributed by atoms with Gasteiger partial charge in [0.15, 0.2) is 0 Å². The Morgan fingerprint density at radius 2 is 1.94 bits per heavy atom. The number of aliphatic hydroxyl groups is 1. The van der Waals surface area contributed by atoms with Crippen LogP contribution in [0.3, 0.4) is 0 Å². The number of aliphatic hydroxyl groups excluding tert-OH is 1. The zero-order chi connectivity index (χ0) is 23.9. The minimum absolute atomic E-state index is 0.0615. The van der Waals surface area contributed by atoms with Crippen LogP contribution in [0.25, 0.3) is 5.65 Å². The highest BCUT2D eigenvalue weighted by Gasteiger charge is 2.55. The Kier molecular flexibility index (Phi) is 5.62. The predicted molar refractivity (Wildman–Crippen MR) is 133 cm³/mol. The number of pyridine rings is 1. The maximum Gasteiger partial charge on any atom is 0.229 e. The summed E-state index contributed by atoms with van der Waals surface area (Å²) in [5.41, 5.74) is 4.13. The van der Waals surface area contributed by atoms with E-state index in [4.69, 9.17) is 11.6 Å². The normalized spacial score (nSPS) is 21.1. The summed E-state index contributed by atoms with van der Waals surface area (Å²) < 4.78 is 2.07. The summed E-state index contributed by atoms with van der Waals surface area (Å²) in [6.45, 7) is 0.434. The minimum Gasteiger partial charge on any atom is -0.396 e. The molecule has 0 spiro atoms. The summed E-state index contributed by atoms with van der Waals surface area (Å²) in [4.78, 5) is 26.0. The van der Waals surface area contributed by atoms with Crippen molar-refractivity contribution in [3.05, 3.63) is 83.0 Å². The summed E-state index contributed by atoms with van der Waals surface area (Å²) >= 11 is 6.11. The molecule has 2 saturated carbocycles. The van der Waals surface area contributed by atoms with E-state index in [2.05, 4.69) is 48.3 Å². The predicted octanol–water partition coefficient (Wildman–Crippen LogP) is 4.23. The number of fused-ring (bicyclic) bond motifs is 1. The molecule has 8 nitrogen and oxygen atoms in total. The van der Waals surface area contributed by atoms with Gasteiger partial charge in [0, 0.05) is 41.9 Å². The van der Waals surface area contributed by atoms with Crippen molar-refractivity contribution in [2.45, 2.75) is 31.2 Å². The number of benzene rings is 1. The van der Waals surface area contributed by atoms with Crippen molar-refractivity contribution in [1.29, 1.82) is 0 Å². The second-order valence-electron chi connectivity index (χ2n) is 9.32. The van der Waals surface area contributed by atoms with Crippen molar-refractivity contribution in [3.8, 4) is 0 Å². The van der Waals surface area contributed by atoms with Gasteiger partial charge in [-0.3, -0.25) is 4.79 Å². The van der Waals surface area contributed by atoms with E-state index in [0.717, 1.165) is 16.9 Å².